The van der Waals surface area contributed by atoms with Crippen LogP contribution in [0.3, 0.4) is 0 Å². The third-order valence-corrected chi connectivity index (χ3v) is 4.70. The van der Waals surface area contributed by atoms with Gasteiger partial charge in [0.15, 0.2) is 0 Å². The molecule has 2 aliphatic heterocycles. The first-order valence-electron chi connectivity index (χ1n) is 8.70. The van der Waals surface area contributed by atoms with Crippen molar-refractivity contribution in [1.29, 1.82) is 0 Å². The largest absolute Gasteiger partial charge is 0.495 e. The Morgan fingerprint density at radius 2 is 2.08 bits per heavy atom. The zero-order chi connectivity index (χ0) is 17.6. The third-order valence-electron chi connectivity index (χ3n) is 4.70. The molecule has 1 N–H and O–H groups in total. The zero-order valence-corrected chi connectivity index (χ0v) is 14.6. The summed E-state index contributed by atoms with van der Waals surface area (Å²) < 4.78 is 10.6. The fourth-order valence-electron chi connectivity index (χ4n) is 3.28. The van der Waals surface area contributed by atoms with Gasteiger partial charge in [-0.3, -0.25) is 14.5 Å². The molecular formula is C18H25N3O4. The van der Waals surface area contributed by atoms with E-state index in [1.807, 2.05) is 24.3 Å². The van der Waals surface area contributed by atoms with Crippen LogP contribution in [0, 0.1) is 5.92 Å². The monoisotopic (exact) mass is 347 g/mol. The average molecular weight is 347 g/mol. The summed E-state index contributed by atoms with van der Waals surface area (Å²) >= 11 is 0. The summed E-state index contributed by atoms with van der Waals surface area (Å²) in [6.45, 7) is 5.10. The van der Waals surface area contributed by atoms with E-state index in [9.17, 15) is 9.59 Å². The van der Waals surface area contributed by atoms with Crippen LogP contribution < -0.4 is 15.0 Å². The summed E-state index contributed by atoms with van der Waals surface area (Å²) in [5.41, 5.74) is 0.721. The van der Waals surface area contributed by atoms with Gasteiger partial charge in [-0.25, -0.2) is 0 Å². The van der Waals surface area contributed by atoms with Gasteiger partial charge in [0.25, 0.3) is 0 Å². The lowest BCUT2D eigenvalue weighted by Crippen LogP contribution is -2.42. The van der Waals surface area contributed by atoms with Crippen LogP contribution in [0.4, 0.5) is 5.69 Å². The first kappa shape index (κ1) is 17.7. The molecule has 0 spiro atoms. The molecule has 7 nitrogen and oxygen atoms in total. The maximum atomic E-state index is 12.4. The number of carbonyl (C=O) groups is 2. The summed E-state index contributed by atoms with van der Waals surface area (Å²) in [6.07, 6.45) is 0.238. The predicted molar refractivity (Wildman–Crippen MR) is 93.7 cm³/mol. The number of nitrogens with zero attached hydrogens (tertiary/aromatic N) is 2. The lowest BCUT2D eigenvalue weighted by atomic mass is 10.1. The molecule has 2 aliphatic rings. The number of ether oxygens (including phenoxy) is 2. The molecule has 2 saturated heterocycles. The van der Waals surface area contributed by atoms with Crippen molar-refractivity contribution in [2.75, 3.05) is 57.9 Å². The van der Waals surface area contributed by atoms with Gasteiger partial charge in [-0.1, -0.05) is 12.1 Å². The van der Waals surface area contributed by atoms with Crippen LogP contribution in [-0.2, 0) is 14.3 Å². The highest BCUT2D eigenvalue weighted by Gasteiger charge is 2.36. The van der Waals surface area contributed by atoms with E-state index in [0.717, 1.165) is 38.5 Å². The van der Waals surface area contributed by atoms with Crippen molar-refractivity contribution in [3.05, 3.63) is 24.3 Å². The van der Waals surface area contributed by atoms with Crippen molar-refractivity contribution in [2.24, 2.45) is 5.92 Å². The van der Waals surface area contributed by atoms with Crippen molar-refractivity contribution in [3.63, 3.8) is 0 Å². The van der Waals surface area contributed by atoms with Crippen molar-refractivity contribution < 1.29 is 19.1 Å². The van der Waals surface area contributed by atoms with E-state index in [-0.39, 0.29) is 24.2 Å². The van der Waals surface area contributed by atoms with E-state index in [1.165, 1.54) is 0 Å². The number of anilines is 1. The maximum Gasteiger partial charge on any atom is 0.227 e. The van der Waals surface area contributed by atoms with E-state index >= 15 is 0 Å². The normalized spacial score (nSPS) is 21.4. The molecule has 2 heterocycles. The van der Waals surface area contributed by atoms with Gasteiger partial charge >= 0.3 is 0 Å². The zero-order valence-electron chi connectivity index (χ0n) is 14.6. The summed E-state index contributed by atoms with van der Waals surface area (Å²) in [4.78, 5) is 28.7. The van der Waals surface area contributed by atoms with Crippen LogP contribution in [0.15, 0.2) is 24.3 Å². The second-order valence-electron chi connectivity index (χ2n) is 6.32. The van der Waals surface area contributed by atoms with Crippen LogP contribution in [0.2, 0.25) is 0 Å². The van der Waals surface area contributed by atoms with Crippen LogP contribution in [0.25, 0.3) is 0 Å². The minimum atomic E-state index is -0.317. The quantitative estimate of drug-likeness (QED) is 0.811. The number of benzene rings is 1. The lowest BCUT2D eigenvalue weighted by Gasteiger charge is -2.26. The predicted octanol–water partition coefficient (Wildman–Crippen LogP) is 0.497. The number of para-hydroxylation sites is 2. The van der Waals surface area contributed by atoms with Crippen molar-refractivity contribution in [3.8, 4) is 5.75 Å². The average Bonchev–Trinajstić information content (AvgIpc) is 3.04. The molecule has 0 unspecified atom stereocenters. The number of methoxy groups -OCH3 is 1. The molecule has 2 amide bonds. The van der Waals surface area contributed by atoms with Gasteiger partial charge in [-0.05, 0) is 12.1 Å². The van der Waals surface area contributed by atoms with E-state index in [0.29, 0.717) is 18.8 Å². The van der Waals surface area contributed by atoms with Crippen molar-refractivity contribution in [1.82, 2.24) is 10.2 Å². The molecule has 0 saturated carbocycles. The van der Waals surface area contributed by atoms with Gasteiger partial charge < -0.3 is 19.7 Å². The van der Waals surface area contributed by atoms with Crippen LogP contribution in [0.5, 0.6) is 5.75 Å². The molecule has 0 radical (unpaired) electrons. The minimum Gasteiger partial charge on any atom is -0.495 e. The fraction of sp³-hybridized carbons (Fsp3) is 0.556. The van der Waals surface area contributed by atoms with Gasteiger partial charge in [-0.2, -0.15) is 0 Å². The number of amides is 2. The Balaban J connectivity index is 1.52. The van der Waals surface area contributed by atoms with Gasteiger partial charge in [0, 0.05) is 39.1 Å². The van der Waals surface area contributed by atoms with Gasteiger partial charge in [0.05, 0.1) is 31.9 Å². The highest BCUT2D eigenvalue weighted by molar-refractivity contribution is 6.01. The number of rotatable bonds is 6. The van der Waals surface area contributed by atoms with Crippen molar-refractivity contribution in [2.45, 2.75) is 6.42 Å². The van der Waals surface area contributed by atoms with Gasteiger partial charge in [0.1, 0.15) is 5.75 Å². The van der Waals surface area contributed by atoms with Gasteiger partial charge in [-0.15, -0.1) is 0 Å². The molecular weight excluding hydrogens is 322 g/mol. The molecule has 0 bridgehead atoms. The summed E-state index contributed by atoms with van der Waals surface area (Å²) in [5.74, 6) is 0.225. The SMILES string of the molecule is COc1ccccc1N1C[C@@H](C(=O)NCCN2CCOCC2)CC1=O. The molecule has 0 aliphatic carbocycles. The maximum absolute atomic E-state index is 12.4. The molecule has 136 valence electrons. The van der Waals surface area contributed by atoms with Crippen LogP contribution >= 0.6 is 0 Å². The molecule has 1 aromatic rings. The highest BCUT2D eigenvalue weighted by Crippen LogP contribution is 2.32. The minimum absolute atomic E-state index is 0.0437. The van der Waals surface area contributed by atoms with E-state index in [4.69, 9.17) is 9.47 Å². The van der Waals surface area contributed by atoms with Crippen LogP contribution in [0.1, 0.15) is 6.42 Å². The topological polar surface area (TPSA) is 71.1 Å². The Kier molecular flexibility index (Phi) is 5.88. The Bertz CT molecular complexity index is 616. The number of hydrogen-bond donors (Lipinski definition) is 1. The number of carbonyl (C=O) groups excluding carboxylic acids is 2. The second kappa shape index (κ2) is 8.31. The van der Waals surface area contributed by atoms with E-state index in [1.54, 1.807) is 12.0 Å². The summed E-state index contributed by atoms with van der Waals surface area (Å²) in [7, 11) is 1.58. The molecule has 2 fully saturated rings. The van der Waals surface area contributed by atoms with E-state index < -0.39 is 0 Å². The van der Waals surface area contributed by atoms with Gasteiger partial charge in [0.2, 0.25) is 11.8 Å². The van der Waals surface area contributed by atoms with E-state index in [2.05, 4.69) is 10.2 Å². The summed E-state index contributed by atoms with van der Waals surface area (Å²) in [5, 5.41) is 2.96. The van der Waals surface area contributed by atoms with Crippen molar-refractivity contribution >= 4 is 17.5 Å². The molecule has 7 heteroatoms. The third kappa shape index (κ3) is 4.29. The Labute approximate surface area is 147 Å². The molecule has 0 aromatic heterocycles. The number of morpholine rings is 1. The standard InChI is InChI=1S/C18H25N3O4/c1-24-16-5-3-2-4-15(16)21-13-14(12-17(21)22)18(23)19-6-7-20-8-10-25-11-9-20/h2-5,14H,6-13H2,1H3,(H,19,23)/t14-/m0/s1. The highest BCUT2D eigenvalue weighted by atomic mass is 16.5. The molecule has 25 heavy (non-hydrogen) atoms. The molecule has 1 aromatic carbocycles. The smallest absolute Gasteiger partial charge is 0.227 e. The molecule has 3 rings (SSSR count). The summed E-state index contributed by atoms with van der Waals surface area (Å²) in [6, 6.07) is 7.38. The second-order valence-corrected chi connectivity index (χ2v) is 6.32. The molecule has 1 atom stereocenters. The number of hydrogen-bond acceptors (Lipinski definition) is 5. The number of nitrogens with one attached hydrogen (secondary N) is 1. The first-order chi connectivity index (χ1) is 12.2. The Morgan fingerprint density at radius 3 is 2.84 bits per heavy atom. The lowest BCUT2D eigenvalue weighted by molar-refractivity contribution is -0.126. The fourth-order valence-corrected chi connectivity index (χ4v) is 3.28. The Hall–Kier alpha value is -2.12. The first-order valence-corrected chi connectivity index (χ1v) is 8.70. The Morgan fingerprint density at radius 1 is 1.32 bits per heavy atom. The van der Waals surface area contributed by atoms with Crippen LogP contribution in [-0.4, -0.2) is 69.8 Å².